The first-order valence-electron chi connectivity index (χ1n) is 8.02. The summed E-state index contributed by atoms with van der Waals surface area (Å²) < 4.78 is 28.1. The molecule has 0 saturated heterocycles. The van der Waals surface area contributed by atoms with Crippen molar-refractivity contribution < 1.29 is 22.4 Å². The summed E-state index contributed by atoms with van der Waals surface area (Å²) in [6.07, 6.45) is 2.53. The number of nitrogens with zero attached hydrogens (tertiary/aromatic N) is 1. The molecule has 0 aliphatic rings. The molecule has 1 N–H and O–H groups in total. The maximum absolute atomic E-state index is 12.6. The van der Waals surface area contributed by atoms with E-state index in [2.05, 4.69) is 5.32 Å². The molecule has 0 spiro atoms. The molecule has 1 aromatic carbocycles. The summed E-state index contributed by atoms with van der Waals surface area (Å²) >= 11 is 0. The van der Waals surface area contributed by atoms with Crippen LogP contribution in [0.1, 0.15) is 36.0 Å². The van der Waals surface area contributed by atoms with Crippen molar-refractivity contribution in [2.45, 2.75) is 30.8 Å². The first-order chi connectivity index (χ1) is 12.1. The molecule has 1 heterocycles. The van der Waals surface area contributed by atoms with E-state index in [9.17, 15) is 18.0 Å². The van der Waals surface area contributed by atoms with Gasteiger partial charge in [-0.25, -0.2) is 8.42 Å². The van der Waals surface area contributed by atoms with Gasteiger partial charge in [-0.2, -0.15) is 0 Å². The molecule has 2 rings (SSSR count). The van der Waals surface area contributed by atoms with Crippen LogP contribution in [-0.4, -0.2) is 44.5 Å². The normalized spacial score (nSPS) is 13.7. The minimum Gasteiger partial charge on any atom is -0.459 e. The fourth-order valence-electron chi connectivity index (χ4n) is 2.45. The van der Waals surface area contributed by atoms with Gasteiger partial charge in [0.15, 0.2) is 15.6 Å². The number of benzene rings is 1. The maximum Gasteiger partial charge on any atom is 0.287 e. The van der Waals surface area contributed by atoms with Gasteiger partial charge in [-0.05, 0) is 43.7 Å². The van der Waals surface area contributed by atoms with E-state index >= 15 is 0 Å². The molecule has 1 aromatic heterocycles. The third-order valence-electron chi connectivity index (χ3n) is 4.18. The van der Waals surface area contributed by atoms with Crippen LogP contribution in [0.25, 0.3) is 0 Å². The Morgan fingerprint density at radius 3 is 2.23 bits per heavy atom. The van der Waals surface area contributed by atoms with E-state index in [4.69, 9.17) is 4.42 Å². The van der Waals surface area contributed by atoms with Gasteiger partial charge in [-0.3, -0.25) is 9.59 Å². The van der Waals surface area contributed by atoms with Crippen LogP contribution in [-0.2, 0) is 14.6 Å². The van der Waals surface area contributed by atoms with Gasteiger partial charge < -0.3 is 14.6 Å². The number of sulfone groups is 1. The highest BCUT2D eigenvalue weighted by Crippen LogP contribution is 2.21. The summed E-state index contributed by atoms with van der Waals surface area (Å²) in [7, 11) is -1.64. The van der Waals surface area contributed by atoms with Gasteiger partial charge in [0.1, 0.15) is 6.04 Å². The highest BCUT2D eigenvalue weighted by atomic mass is 32.2. The van der Waals surface area contributed by atoms with Gasteiger partial charge in [0.25, 0.3) is 5.91 Å². The summed E-state index contributed by atoms with van der Waals surface area (Å²) in [5, 5.41) is 2.60. The molecule has 2 amide bonds. The molecule has 2 unspecified atom stereocenters. The molecule has 0 bridgehead atoms. The highest BCUT2D eigenvalue weighted by molar-refractivity contribution is 7.90. The smallest absolute Gasteiger partial charge is 0.287 e. The molecule has 7 nitrogen and oxygen atoms in total. The molecule has 140 valence electrons. The van der Waals surface area contributed by atoms with Crippen LogP contribution < -0.4 is 5.32 Å². The van der Waals surface area contributed by atoms with E-state index in [-0.39, 0.29) is 22.6 Å². The minimum atomic E-state index is -3.27. The first-order valence-corrected chi connectivity index (χ1v) is 9.91. The average Bonchev–Trinajstić information content (AvgIpc) is 3.13. The number of hydrogen-bond acceptors (Lipinski definition) is 5. The second kappa shape index (κ2) is 7.74. The fourth-order valence-corrected chi connectivity index (χ4v) is 3.08. The first kappa shape index (κ1) is 19.7. The Balaban J connectivity index is 2.05. The third-order valence-corrected chi connectivity index (χ3v) is 5.31. The Hall–Kier alpha value is -2.61. The Labute approximate surface area is 152 Å². The molecule has 0 radical (unpaired) electrons. The van der Waals surface area contributed by atoms with Gasteiger partial charge in [0.2, 0.25) is 5.91 Å². The lowest BCUT2D eigenvalue weighted by Gasteiger charge is -2.28. The molecule has 8 heteroatoms. The van der Waals surface area contributed by atoms with Gasteiger partial charge in [0.05, 0.1) is 17.2 Å². The topological polar surface area (TPSA) is 96.7 Å². The molecular formula is C18H22N2O5S. The van der Waals surface area contributed by atoms with Crippen molar-refractivity contribution in [2.75, 3.05) is 13.3 Å². The van der Waals surface area contributed by atoms with Crippen LogP contribution in [0.2, 0.25) is 0 Å². The fraction of sp³-hybridized carbons (Fsp3) is 0.333. The van der Waals surface area contributed by atoms with Crippen molar-refractivity contribution in [1.82, 2.24) is 10.2 Å². The van der Waals surface area contributed by atoms with Gasteiger partial charge in [-0.1, -0.05) is 12.1 Å². The molecule has 0 saturated carbocycles. The van der Waals surface area contributed by atoms with Crippen LogP contribution in [0.5, 0.6) is 0 Å². The van der Waals surface area contributed by atoms with Crippen molar-refractivity contribution in [3.05, 3.63) is 54.0 Å². The number of amides is 2. The number of hydrogen-bond donors (Lipinski definition) is 1. The Morgan fingerprint density at radius 2 is 1.73 bits per heavy atom. The van der Waals surface area contributed by atoms with Crippen LogP contribution >= 0.6 is 0 Å². The molecule has 0 fully saturated rings. The Morgan fingerprint density at radius 1 is 1.12 bits per heavy atom. The summed E-state index contributed by atoms with van der Waals surface area (Å²) in [4.78, 5) is 26.3. The van der Waals surface area contributed by atoms with Crippen LogP contribution in [0.15, 0.2) is 52.0 Å². The molecule has 2 atom stereocenters. The summed E-state index contributed by atoms with van der Waals surface area (Å²) in [5.41, 5.74) is 0.790. The van der Waals surface area contributed by atoms with Crippen LogP contribution in [0.3, 0.4) is 0 Å². The van der Waals surface area contributed by atoms with E-state index in [1.54, 1.807) is 32.2 Å². The van der Waals surface area contributed by atoms with Crippen molar-refractivity contribution >= 4 is 21.7 Å². The zero-order chi connectivity index (χ0) is 19.5. The van der Waals surface area contributed by atoms with Crippen LogP contribution in [0, 0.1) is 0 Å². The van der Waals surface area contributed by atoms with Crippen molar-refractivity contribution in [2.24, 2.45) is 0 Å². The van der Waals surface area contributed by atoms with Crippen molar-refractivity contribution in [1.29, 1.82) is 0 Å². The largest absolute Gasteiger partial charge is 0.459 e. The van der Waals surface area contributed by atoms with E-state index in [1.807, 2.05) is 6.92 Å². The van der Waals surface area contributed by atoms with Gasteiger partial charge >= 0.3 is 0 Å². The maximum atomic E-state index is 12.6. The summed E-state index contributed by atoms with van der Waals surface area (Å²) in [5.74, 6) is -0.601. The van der Waals surface area contributed by atoms with E-state index in [0.29, 0.717) is 0 Å². The third kappa shape index (κ3) is 4.51. The number of carbonyl (C=O) groups excluding carboxylic acids is 2. The second-order valence-electron chi connectivity index (χ2n) is 6.14. The average molecular weight is 378 g/mol. The lowest BCUT2D eigenvalue weighted by molar-refractivity contribution is -0.133. The van der Waals surface area contributed by atoms with E-state index in [1.165, 1.54) is 29.4 Å². The lowest BCUT2D eigenvalue weighted by atomic mass is 10.1. The molecule has 26 heavy (non-hydrogen) atoms. The number of rotatable bonds is 6. The zero-order valence-electron chi connectivity index (χ0n) is 15.1. The molecule has 2 aromatic rings. The second-order valence-corrected chi connectivity index (χ2v) is 8.15. The molecular weight excluding hydrogens is 356 g/mol. The predicted octanol–water partition coefficient (Wildman–Crippen LogP) is 2.02. The number of likely N-dealkylation sites (N-methyl/N-ethyl adjacent to an activating group) is 1. The van der Waals surface area contributed by atoms with E-state index in [0.717, 1.165) is 11.8 Å². The summed E-state index contributed by atoms with van der Waals surface area (Å²) in [6, 6.07) is 8.46. The number of furan rings is 1. The standard InChI is InChI=1S/C18H22N2O5S/c1-12(19-17(21)16-6-5-11-25-16)18(22)20(3)13(2)14-7-9-15(10-8-14)26(4,23)24/h5-13H,1-4H3,(H,19,21). The Bertz CT molecular complexity index is 873. The number of nitrogens with one attached hydrogen (secondary N) is 1. The molecule has 0 aliphatic heterocycles. The number of carbonyl (C=O) groups is 2. The minimum absolute atomic E-state index is 0.136. The quantitative estimate of drug-likeness (QED) is 0.829. The van der Waals surface area contributed by atoms with Gasteiger partial charge in [-0.15, -0.1) is 0 Å². The Kier molecular flexibility index (Phi) is 5.86. The SMILES string of the molecule is CC(NC(=O)c1ccco1)C(=O)N(C)C(C)c1ccc(S(C)(=O)=O)cc1. The van der Waals surface area contributed by atoms with E-state index < -0.39 is 21.8 Å². The van der Waals surface area contributed by atoms with Crippen molar-refractivity contribution in [3.63, 3.8) is 0 Å². The molecule has 0 aliphatic carbocycles. The predicted molar refractivity (Wildman–Crippen MR) is 96.4 cm³/mol. The monoisotopic (exact) mass is 378 g/mol. The van der Waals surface area contributed by atoms with Crippen molar-refractivity contribution in [3.8, 4) is 0 Å². The highest BCUT2D eigenvalue weighted by Gasteiger charge is 2.25. The van der Waals surface area contributed by atoms with Gasteiger partial charge in [0, 0.05) is 13.3 Å². The lowest BCUT2D eigenvalue weighted by Crippen LogP contribution is -2.46. The zero-order valence-corrected chi connectivity index (χ0v) is 15.9. The summed E-state index contributed by atoms with van der Waals surface area (Å²) in [6.45, 7) is 3.42. The van der Waals surface area contributed by atoms with Crippen LogP contribution in [0.4, 0.5) is 0 Å².